The summed E-state index contributed by atoms with van der Waals surface area (Å²) in [7, 11) is 0. The molecule has 0 fully saturated rings. The van der Waals surface area contributed by atoms with Gasteiger partial charge in [0.05, 0.1) is 4.92 Å². The molecule has 0 bridgehead atoms. The Kier molecular flexibility index (Phi) is 4.67. The van der Waals surface area contributed by atoms with Crippen LogP contribution in [0.3, 0.4) is 0 Å². The van der Waals surface area contributed by atoms with E-state index in [1.807, 2.05) is 6.92 Å². The van der Waals surface area contributed by atoms with Gasteiger partial charge in [-0.05, 0) is 18.4 Å². The van der Waals surface area contributed by atoms with Crippen molar-refractivity contribution in [3.8, 4) is 0 Å². The fraction of sp³-hybridized carbons (Fsp3) is 0.467. The maximum absolute atomic E-state index is 12.4. The van der Waals surface area contributed by atoms with Crippen molar-refractivity contribution in [3.05, 3.63) is 39.4 Å². The van der Waals surface area contributed by atoms with E-state index in [0.717, 1.165) is 5.56 Å². The lowest BCUT2D eigenvalue weighted by atomic mass is 9.98. The zero-order valence-electron chi connectivity index (χ0n) is 12.0. The molecule has 0 saturated carbocycles. The highest BCUT2D eigenvalue weighted by molar-refractivity contribution is 5.97. The summed E-state index contributed by atoms with van der Waals surface area (Å²) >= 11 is 0. The Morgan fingerprint density at radius 1 is 1.43 bits per heavy atom. The lowest BCUT2D eigenvalue weighted by molar-refractivity contribution is -0.384. The average molecular weight is 290 g/mol. The van der Waals surface area contributed by atoms with E-state index in [1.165, 1.54) is 12.1 Å². The summed E-state index contributed by atoms with van der Waals surface area (Å²) in [5.74, 6) is 0.0133. The summed E-state index contributed by atoms with van der Waals surface area (Å²) in [5.41, 5.74) is 1.20. The van der Waals surface area contributed by atoms with Gasteiger partial charge in [0.1, 0.15) is 5.78 Å². The number of nitro groups is 1. The molecule has 1 heterocycles. The maximum Gasteiger partial charge on any atom is 0.270 e. The molecule has 6 heteroatoms. The van der Waals surface area contributed by atoms with Crippen LogP contribution in [0.15, 0.2) is 18.2 Å². The number of hydrogen-bond acceptors (Lipinski definition) is 4. The topological polar surface area (TPSA) is 80.5 Å². The Labute approximate surface area is 122 Å². The summed E-state index contributed by atoms with van der Waals surface area (Å²) in [5, 5.41) is 10.8. The largest absolute Gasteiger partial charge is 0.338 e. The Morgan fingerprint density at radius 3 is 2.86 bits per heavy atom. The van der Waals surface area contributed by atoms with E-state index in [9.17, 15) is 19.7 Å². The van der Waals surface area contributed by atoms with Gasteiger partial charge in [0.25, 0.3) is 11.6 Å². The van der Waals surface area contributed by atoms with Crippen molar-refractivity contribution < 1.29 is 14.5 Å². The standard InChI is InChI=1S/C15H18N2O4/c1-2-13(18)4-3-8-16-9-7-11-5-6-12(17(20)21)10-14(11)15(16)19/h5-6,10H,2-4,7-9H2,1H3. The van der Waals surface area contributed by atoms with Crippen molar-refractivity contribution in [1.82, 2.24) is 4.90 Å². The van der Waals surface area contributed by atoms with Gasteiger partial charge in [-0.1, -0.05) is 13.0 Å². The van der Waals surface area contributed by atoms with Crippen molar-refractivity contribution >= 4 is 17.4 Å². The van der Waals surface area contributed by atoms with Crippen molar-refractivity contribution in [1.29, 1.82) is 0 Å². The molecule has 6 nitrogen and oxygen atoms in total. The van der Waals surface area contributed by atoms with E-state index in [2.05, 4.69) is 0 Å². The van der Waals surface area contributed by atoms with Crippen LogP contribution in [0.25, 0.3) is 0 Å². The molecule has 0 aliphatic carbocycles. The Morgan fingerprint density at radius 2 is 2.19 bits per heavy atom. The molecule has 0 unspecified atom stereocenters. The first-order valence-corrected chi connectivity index (χ1v) is 7.11. The van der Waals surface area contributed by atoms with Gasteiger partial charge in [0.15, 0.2) is 0 Å². The summed E-state index contributed by atoms with van der Waals surface area (Å²) < 4.78 is 0. The lowest BCUT2D eigenvalue weighted by Crippen LogP contribution is -2.38. The van der Waals surface area contributed by atoms with Crippen molar-refractivity contribution in [2.24, 2.45) is 0 Å². The first-order valence-electron chi connectivity index (χ1n) is 7.11. The molecule has 0 atom stereocenters. The predicted molar refractivity (Wildman–Crippen MR) is 77.2 cm³/mol. The summed E-state index contributed by atoms with van der Waals surface area (Å²) in [6.45, 7) is 2.94. The van der Waals surface area contributed by atoms with Gasteiger partial charge in [-0.2, -0.15) is 0 Å². The third kappa shape index (κ3) is 3.45. The van der Waals surface area contributed by atoms with E-state index in [4.69, 9.17) is 0 Å². The molecule has 2 rings (SSSR count). The van der Waals surface area contributed by atoms with E-state index >= 15 is 0 Å². The van der Waals surface area contributed by atoms with Crippen molar-refractivity contribution in [3.63, 3.8) is 0 Å². The van der Waals surface area contributed by atoms with Crippen molar-refractivity contribution in [2.75, 3.05) is 13.1 Å². The van der Waals surface area contributed by atoms with E-state index < -0.39 is 4.92 Å². The quantitative estimate of drug-likeness (QED) is 0.595. The van der Waals surface area contributed by atoms with E-state index in [1.54, 1.807) is 11.0 Å². The summed E-state index contributed by atoms with van der Waals surface area (Å²) in [4.78, 5) is 35.6. The molecule has 1 aromatic rings. The van der Waals surface area contributed by atoms with E-state index in [0.29, 0.717) is 44.3 Å². The highest BCUT2D eigenvalue weighted by Crippen LogP contribution is 2.24. The smallest absolute Gasteiger partial charge is 0.270 e. The van der Waals surface area contributed by atoms with Crippen LogP contribution >= 0.6 is 0 Å². The Bertz CT molecular complexity index is 583. The zero-order valence-corrected chi connectivity index (χ0v) is 12.0. The molecule has 0 N–H and O–H groups in total. The number of carbonyl (C=O) groups excluding carboxylic acids is 2. The highest BCUT2D eigenvalue weighted by atomic mass is 16.6. The zero-order chi connectivity index (χ0) is 15.4. The van der Waals surface area contributed by atoms with Crippen LogP contribution in [-0.4, -0.2) is 34.6 Å². The van der Waals surface area contributed by atoms with Crippen LogP contribution in [0.4, 0.5) is 5.69 Å². The molecule has 21 heavy (non-hydrogen) atoms. The Balaban J connectivity index is 2.06. The van der Waals surface area contributed by atoms with Gasteiger partial charge in [-0.15, -0.1) is 0 Å². The SMILES string of the molecule is CCC(=O)CCCN1CCc2ccc([N+](=O)[O-])cc2C1=O. The third-order valence-electron chi connectivity index (χ3n) is 3.75. The van der Waals surface area contributed by atoms with Gasteiger partial charge >= 0.3 is 0 Å². The second-order valence-electron chi connectivity index (χ2n) is 5.14. The minimum absolute atomic E-state index is 0.0647. The average Bonchev–Trinajstić information content (AvgIpc) is 2.49. The van der Waals surface area contributed by atoms with Crippen LogP contribution in [-0.2, 0) is 11.2 Å². The number of benzene rings is 1. The van der Waals surface area contributed by atoms with E-state index in [-0.39, 0.29) is 17.4 Å². The number of rotatable bonds is 6. The lowest BCUT2D eigenvalue weighted by Gasteiger charge is -2.28. The number of amides is 1. The number of ketones is 1. The Hall–Kier alpha value is -2.24. The molecule has 1 aromatic carbocycles. The highest BCUT2D eigenvalue weighted by Gasteiger charge is 2.25. The molecule has 1 aliphatic rings. The second kappa shape index (κ2) is 6.47. The van der Waals surface area contributed by atoms with Crippen LogP contribution in [0.2, 0.25) is 0 Å². The van der Waals surface area contributed by atoms with Crippen molar-refractivity contribution in [2.45, 2.75) is 32.6 Å². The third-order valence-corrected chi connectivity index (χ3v) is 3.75. The van der Waals surface area contributed by atoms with Gasteiger partial charge in [0, 0.05) is 43.6 Å². The van der Waals surface area contributed by atoms with Crippen LogP contribution in [0, 0.1) is 10.1 Å². The first kappa shape index (κ1) is 15.2. The fourth-order valence-electron chi connectivity index (χ4n) is 2.48. The molecule has 0 saturated heterocycles. The molecular formula is C15H18N2O4. The summed E-state index contributed by atoms with van der Waals surface area (Å²) in [6.07, 6.45) is 2.33. The second-order valence-corrected chi connectivity index (χ2v) is 5.14. The molecule has 1 amide bonds. The number of fused-ring (bicyclic) bond motifs is 1. The maximum atomic E-state index is 12.4. The molecule has 0 radical (unpaired) electrons. The predicted octanol–water partition coefficient (Wildman–Crippen LogP) is 2.35. The minimum atomic E-state index is -0.494. The molecule has 0 aromatic heterocycles. The molecule has 1 aliphatic heterocycles. The van der Waals surface area contributed by atoms with Crippen LogP contribution < -0.4 is 0 Å². The number of hydrogen-bond donors (Lipinski definition) is 0. The fourth-order valence-corrected chi connectivity index (χ4v) is 2.48. The monoisotopic (exact) mass is 290 g/mol. The van der Waals surface area contributed by atoms with Crippen LogP contribution in [0.5, 0.6) is 0 Å². The molecular weight excluding hydrogens is 272 g/mol. The van der Waals surface area contributed by atoms with Gasteiger partial charge < -0.3 is 4.90 Å². The normalized spacial score (nSPS) is 14.0. The van der Waals surface area contributed by atoms with Gasteiger partial charge in [-0.25, -0.2) is 0 Å². The molecule has 112 valence electrons. The van der Waals surface area contributed by atoms with Gasteiger partial charge in [0.2, 0.25) is 0 Å². The number of Topliss-reactive ketones (excluding diaryl/α,β-unsaturated/α-hetero) is 1. The summed E-state index contributed by atoms with van der Waals surface area (Å²) in [6, 6.07) is 4.44. The minimum Gasteiger partial charge on any atom is -0.338 e. The van der Waals surface area contributed by atoms with Crippen LogP contribution in [0.1, 0.15) is 42.1 Å². The van der Waals surface area contributed by atoms with Gasteiger partial charge in [-0.3, -0.25) is 19.7 Å². The first-order chi connectivity index (χ1) is 10.0. The number of nitrogens with zero attached hydrogens (tertiary/aromatic N) is 2. The number of non-ortho nitro benzene ring substituents is 1. The molecule has 0 spiro atoms. The number of carbonyl (C=O) groups is 2. The number of nitro benzene ring substituents is 1.